The van der Waals surface area contributed by atoms with E-state index in [9.17, 15) is 4.79 Å². The van der Waals surface area contributed by atoms with Gasteiger partial charge < -0.3 is 20.6 Å². The normalized spacial score (nSPS) is 20.7. The summed E-state index contributed by atoms with van der Waals surface area (Å²) in [5.74, 6) is -0.296. The number of carbonyl (C=O) groups is 1. The van der Waals surface area contributed by atoms with E-state index in [-0.39, 0.29) is 5.56 Å². The zero-order valence-electron chi connectivity index (χ0n) is 12.0. The predicted molar refractivity (Wildman–Crippen MR) is 79.1 cm³/mol. The van der Waals surface area contributed by atoms with Crippen molar-refractivity contribution in [3.8, 4) is 0 Å². The lowest BCUT2D eigenvalue weighted by Crippen LogP contribution is -2.40. The van der Waals surface area contributed by atoms with Crippen LogP contribution in [0.3, 0.4) is 0 Å². The second-order valence-electron chi connectivity index (χ2n) is 5.31. The molecule has 1 aromatic rings. The first kappa shape index (κ1) is 14.6. The van der Waals surface area contributed by atoms with Crippen molar-refractivity contribution < 1.29 is 9.90 Å². The number of rotatable bonds is 3. The van der Waals surface area contributed by atoms with E-state index in [4.69, 9.17) is 10.8 Å². The highest BCUT2D eigenvalue weighted by molar-refractivity contribution is 5.89. The third kappa shape index (κ3) is 3.01. The molecule has 0 bridgehead atoms. The van der Waals surface area contributed by atoms with Crippen molar-refractivity contribution in [3.05, 3.63) is 17.8 Å². The van der Waals surface area contributed by atoms with Crippen LogP contribution in [0.4, 0.5) is 11.5 Å². The van der Waals surface area contributed by atoms with E-state index in [1.165, 1.54) is 12.3 Å². The quantitative estimate of drug-likeness (QED) is 0.866. The van der Waals surface area contributed by atoms with Gasteiger partial charge >= 0.3 is 5.97 Å². The van der Waals surface area contributed by atoms with Gasteiger partial charge in [-0.3, -0.25) is 0 Å². The predicted octanol–water partition coefficient (Wildman–Crippen LogP) is 1.28. The largest absolute Gasteiger partial charge is 0.478 e. The summed E-state index contributed by atoms with van der Waals surface area (Å²) >= 11 is 0. The molecule has 6 heteroatoms. The summed E-state index contributed by atoms with van der Waals surface area (Å²) < 4.78 is 0. The molecule has 2 heterocycles. The molecule has 3 N–H and O–H groups in total. The lowest BCUT2D eigenvalue weighted by Gasteiger charge is -2.32. The number of hydrogen-bond acceptors (Lipinski definition) is 5. The highest BCUT2D eigenvalue weighted by Crippen LogP contribution is 2.26. The first-order valence-electron chi connectivity index (χ1n) is 6.97. The third-order valence-corrected chi connectivity index (χ3v) is 3.79. The molecule has 0 radical (unpaired) electrons. The molecule has 0 spiro atoms. The van der Waals surface area contributed by atoms with E-state index in [1.54, 1.807) is 0 Å². The van der Waals surface area contributed by atoms with E-state index in [2.05, 4.69) is 28.8 Å². The molecule has 0 aliphatic carbocycles. The Hall–Kier alpha value is -1.82. The Morgan fingerprint density at radius 3 is 2.90 bits per heavy atom. The van der Waals surface area contributed by atoms with Gasteiger partial charge in [0.25, 0.3) is 0 Å². The number of carboxylic acids is 1. The molecule has 110 valence electrons. The van der Waals surface area contributed by atoms with Gasteiger partial charge in [0.2, 0.25) is 0 Å². The summed E-state index contributed by atoms with van der Waals surface area (Å²) in [6.07, 6.45) is 3.44. The highest BCUT2D eigenvalue weighted by Gasteiger charge is 2.24. The van der Waals surface area contributed by atoms with Gasteiger partial charge in [0.05, 0.1) is 11.3 Å². The lowest BCUT2D eigenvalue weighted by molar-refractivity contribution is 0.0696. The zero-order chi connectivity index (χ0) is 14.7. The first-order chi connectivity index (χ1) is 9.52. The van der Waals surface area contributed by atoms with Crippen molar-refractivity contribution in [2.45, 2.75) is 25.8 Å². The van der Waals surface area contributed by atoms with Gasteiger partial charge in [0.1, 0.15) is 0 Å². The summed E-state index contributed by atoms with van der Waals surface area (Å²) in [6.45, 7) is 5.07. The maximum Gasteiger partial charge on any atom is 0.337 e. The molecule has 1 aliphatic rings. The van der Waals surface area contributed by atoms with Gasteiger partial charge in [-0.05, 0) is 32.5 Å². The highest BCUT2D eigenvalue weighted by atomic mass is 16.4. The minimum atomic E-state index is -1.00. The standard InChI is InChI=1S/C14H22N4O2/c1-3-11-9-17(2)5-4-6-18(11)13-12(15)7-10(8-16-13)14(19)20/h7-8,11H,3-6,9,15H2,1-2H3,(H,19,20). The molecule has 1 aliphatic heterocycles. The average Bonchev–Trinajstić information content (AvgIpc) is 2.60. The Kier molecular flexibility index (Phi) is 4.44. The van der Waals surface area contributed by atoms with Gasteiger partial charge in [-0.2, -0.15) is 0 Å². The summed E-state index contributed by atoms with van der Waals surface area (Å²) in [7, 11) is 2.12. The van der Waals surface area contributed by atoms with E-state index < -0.39 is 5.97 Å². The van der Waals surface area contributed by atoms with Crippen LogP contribution in [0, 0.1) is 0 Å². The number of aromatic carboxylic acids is 1. The number of aromatic nitrogens is 1. The topological polar surface area (TPSA) is 82.7 Å². The van der Waals surface area contributed by atoms with E-state index in [1.807, 2.05) is 0 Å². The van der Waals surface area contributed by atoms with E-state index >= 15 is 0 Å². The monoisotopic (exact) mass is 278 g/mol. The fraction of sp³-hybridized carbons (Fsp3) is 0.571. The number of likely N-dealkylation sites (N-methyl/N-ethyl adjacent to an activating group) is 1. The summed E-state index contributed by atoms with van der Waals surface area (Å²) in [5, 5.41) is 8.97. The van der Waals surface area contributed by atoms with Crippen LogP contribution in [0.5, 0.6) is 0 Å². The van der Waals surface area contributed by atoms with Crippen molar-refractivity contribution in [1.82, 2.24) is 9.88 Å². The van der Waals surface area contributed by atoms with Crippen LogP contribution < -0.4 is 10.6 Å². The molecule has 20 heavy (non-hydrogen) atoms. The van der Waals surface area contributed by atoms with E-state index in [0.717, 1.165) is 32.5 Å². The molecule has 0 saturated carbocycles. The molecule has 0 amide bonds. The Morgan fingerprint density at radius 2 is 2.30 bits per heavy atom. The molecule has 1 fully saturated rings. The van der Waals surface area contributed by atoms with Crippen molar-refractivity contribution >= 4 is 17.5 Å². The fourth-order valence-electron chi connectivity index (χ4n) is 2.70. The maximum atomic E-state index is 10.9. The van der Waals surface area contributed by atoms with Crippen molar-refractivity contribution in [1.29, 1.82) is 0 Å². The fourth-order valence-corrected chi connectivity index (χ4v) is 2.70. The van der Waals surface area contributed by atoms with Crippen molar-refractivity contribution in [3.63, 3.8) is 0 Å². The van der Waals surface area contributed by atoms with Crippen LogP contribution in [-0.2, 0) is 0 Å². The number of hydrogen-bond donors (Lipinski definition) is 2. The summed E-state index contributed by atoms with van der Waals surface area (Å²) in [6, 6.07) is 1.85. The van der Waals surface area contributed by atoms with Crippen LogP contribution in [0.15, 0.2) is 12.3 Å². The summed E-state index contributed by atoms with van der Waals surface area (Å²) in [4.78, 5) is 19.8. The Balaban J connectivity index is 2.30. The maximum absolute atomic E-state index is 10.9. The smallest absolute Gasteiger partial charge is 0.337 e. The molecule has 1 unspecified atom stereocenters. The summed E-state index contributed by atoms with van der Waals surface area (Å²) in [5.41, 5.74) is 6.58. The molecule has 1 atom stereocenters. The Bertz CT molecular complexity index is 492. The number of nitrogens with zero attached hydrogens (tertiary/aromatic N) is 3. The number of nitrogens with two attached hydrogens (primary N) is 1. The minimum Gasteiger partial charge on any atom is -0.478 e. The van der Waals surface area contributed by atoms with Gasteiger partial charge in [-0.1, -0.05) is 6.92 Å². The molecular formula is C14H22N4O2. The molecule has 0 aromatic carbocycles. The van der Waals surface area contributed by atoms with Crippen LogP contribution in [0.25, 0.3) is 0 Å². The first-order valence-corrected chi connectivity index (χ1v) is 6.97. The van der Waals surface area contributed by atoms with Gasteiger partial charge in [0, 0.05) is 25.3 Å². The number of nitrogen functional groups attached to an aromatic ring is 1. The number of pyridine rings is 1. The van der Waals surface area contributed by atoms with Gasteiger partial charge in [0.15, 0.2) is 5.82 Å². The molecule has 2 rings (SSSR count). The molecule has 1 aromatic heterocycles. The van der Waals surface area contributed by atoms with Crippen LogP contribution in [-0.4, -0.2) is 53.7 Å². The van der Waals surface area contributed by atoms with Crippen molar-refractivity contribution in [2.75, 3.05) is 37.3 Å². The Labute approximate surface area is 119 Å². The molecule has 6 nitrogen and oxygen atoms in total. The second kappa shape index (κ2) is 6.09. The molecular weight excluding hydrogens is 256 g/mol. The average molecular weight is 278 g/mol. The van der Waals surface area contributed by atoms with Crippen LogP contribution in [0.1, 0.15) is 30.1 Å². The second-order valence-corrected chi connectivity index (χ2v) is 5.31. The minimum absolute atomic E-state index is 0.131. The van der Waals surface area contributed by atoms with Crippen LogP contribution >= 0.6 is 0 Å². The van der Waals surface area contributed by atoms with E-state index in [0.29, 0.717) is 17.5 Å². The zero-order valence-corrected chi connectivity index (χ0v) is 12.0. The number of anilines is 2. The Morgan fingerprint density at radius 1 is 1.55 bits per heavy atom. The van der Waals surface area contributed by atoms with Gasteiger partial charge in [-0.15, -0.1) is 0 Å². The molecule has 1 saturated heterocycles. The van der Waals surface area contributed by atoms with Gasteiger partial charge in [-0.25, -0.2) is 9.78 Å². The third-order valence-electron chi connectivity index (χ3n) is 3.79. The lowest BCUT2D eigenvalue weighted by atomic mass is 10.1. The number of carboxylic acid groups (broad SMARTS) is 1. The van der Waals surface area contributed by atoms with Crippen LogP contribution in [0.2, 0.25) is 0 Å². The SMILES string of the molecule is CCC1CN(C)CCCN1c1ncc(C(=O)O)cc1N. The van der Waals surface area contributed by atoms with Crippen molar-refractivity contribution in [2.24, 2.45) is 0 Å².